The first-order chi connectivity index (χ1) is 10.8. The van der Waals surface area contributed by atoms with Gasteiger partial charge in [-0.05, 0) is 30.3 Å². The highest BCUT2D eigenvalue weighted by atomic mass is 79.9. The summed E-state index contributed by atoms with van der Waals surface area (Å²) in [6.07, 6.45) is 0.208. The normalized spacial score (nSPS) is 11.2. The van der Waals surface area contributed by atoms with Crippen molar-refractivity contribution in [3.63, 3.8) is 0 Å². The molecule has 1 amide bonds. The molecule has 0 atom stereocenters. The van der Waals surface area contributed by atoms with Gasteiger partial charge in [-0.2, -0.15) is 0 Å². The Kier molecular flexibility index (Phi) is 6.17. The van der Waals surface area contributed by atoms with Gasteiger partial charge in [-0.25, -0.2) is 13.6 Å². The second-order valence-electron chi connectivity index (χ2n) is 4.60. The van der Waals surface area contributed by atoms with Gasteiger partial charge >= 0.3 is 0 Å². The van der Waals surface area contributed by atoms with Gasteiger partial charge in [-0.15, -0.1) is 11.3 Å². The van der Waals surface area contributed by atoms with Gasteiger partial charge in [0.1, 0.15) is 9.96 Å². The molecule has 2 aromatic rings. The maximum Gasteiger partial charge on any atom is 0.247 e. The fourth-order valence-electron chi connectivity index (χ4n) is 1.70. The van der Waals surface area contributed by atoms with E-state index in [1.165, 1.54) is 6.07 Å². The summed E-state index contributed by atoms with van der Waals surface area (Å²) in [4.78, 5) is 12.5. The van der Waals surface area contributed by atoms with E-state index in [1.807, 2.05) is 24.3 Å². The Balaban J connectivity index is 1.74. The van der Waals surface area contributed by atoms with Crippen molar-refractivity contribution in [2.24, 2.45) is 5.14 Å². The highest BCUT2D eigenvalue weighted by Gasteiger charge is 2.11. The molecule has 0 aliphatic heterocycles. The summed E-state index contributed by atoms with van der Waals surface area (Å²) in [5.41, 5.74) is 0. The average molecular weight is 419 g/mol. The topological polar surface area (TPSA) is 98.5 Å². The SMILES string of the molecule is NS(=O)(=O)c1ccc(CNC(=O)CCOc2cccc(Br)c2)s1. The highest BCUT2D eigenvalue weighted by molar-refractivity contribution is 9.10. The predicted octanol–water partition coefficient (Wildman–Crippen LogP) is 2.24. The van der Waals surface area contributed by atoms with E-state index in [-0.39, 0.29) is 29.7 Å². The zero-order valence-corrected chi connectivity index (χ0v) is 15.2. The first kappa shape index (κ1) is 17.9. The molecule has 0 aliphatic carbocycles. The number of nitrogens with one attached hydrogen (secondary N) is 1. The number of ether oxygens (including phenoxy) is 1. The number of carbonyl (C=O) groups is 1. The number of thiophene rings is 1. The van der Waals surface area contributed by atoms with E-state index in [0.29, 0.717) is 5.75 Å². The largest absolute Gasteiger partial charge is 0.493 e. The molecule has 0 fully saturated rings. The van der Waals surface area contributed by atoms with Gasteiger partial charge < -0.3 is 10.1 Å². The lowest BCUT2D eigenvalue weighted by molar-refractivity contribution is -0.121. The molecular formula is C14H15BrN2O4S2. The van der Waals surface area contributed by atoms with Crippen LogP contribution in [0.5, 0.6) is 5.75 Å². The molecule has 0 aliphatic rings. The summed E-state index contributed by atoms with van der Waals surface area (Å²) < 4.78 is 28.8. The van der Waals surface area contributed by atoms with Gasteiger partial charge in [0.15, 0.2) is 0 Å². The van der Waals surface area contributed by atoms with E-state index in [0.717, 1.165) is 20.7 Å². The second kappa shape index (κ2) is 7.91. The minimum atomic E-state index is -3.69. The van der Waals surface area contributed by atoms with Crippen molar-refractivity contribution in [3.8, 4) is 5.75 Å². The van der Waals surface area contributed by atoms with E-state index in [1.54, 1.807) is 6.07 Å². The maximum atomic E-state index is 11.7. The van der Waals surface area contributed by atoms with Crippen LogP contribution in [0.15, 0.2) is 45.1 Å². The molecule has 124 valence electrons. The Hall–Kier alpha value is -1.42. The molecule has 2 rings (SSSR count). The fourth-order valence-corrected chi connectivity index (χ4v) is 3.80. The standard InChI is InChI=1S/C14H15BrN2O4S2/c15-10-2-1-3-11(8-10)21-7-6-13(18)17-9-12-4-5-14(22-12)23(16,19)20/h1-5,8H,6-7,9H2,(H,17,18)(H2,16,19,20). The first-order valence-electron chi connectivity index (χ1n) is 6.61. The molecule has 1 aromatic carbocycles. The number of hydrogen-bond acceptors (Lipinski definition) is 5. The number of nitrogens with two attached hydrogens (primary N) is 1. The summed E-state index contributed by atoms with van der Waals surface area (Å²) in [7, 11) is -3.69. The summed E-state index contributed by atoms with van der Waals surface area (Å²) in [6, 6.07) is 10.4. The van der Waals surface area contributed by atoms with E-state index >= 15 is 0 Å². The Labute approximate surface area is 146 Å². The minimum Gasteiger partial charge on any atom is -0.493 e. The van der Waals surface area contributed by atoms with Gasteiger partial charge in [0.05, 0.1) is 19.6 Å². The second-order valence-corrected chi connectivity index (χ2v) is 8.47. The molecule has 0 spiro atoms. The molecule has 1 aromatic heterocycles. The Morgan fingerprint density at radius 2 is 2.09 bits per heavy atom. The number of amides is 1. The molecular weight excluding hydrogens is 404 g/mol. The van der Waals surface area contributed by atoms with Crippen LogP contribution < -0.4 is 15.2 Å². The molecule has 9 heteroatoms. The van der Waals surface area contributed by atoms with E-state index in [9.17, 15) is 13.2 Å². The van der Waals surface area contributed by atoms with Crippen LogP contribution in [0, 0.1) is 0 Å². The predicted molar refractivity (Wildman–Crippen MR) is 91.8 cm³/mol. The van der Waals surface area contributed by atoms with Crippen LogP contribution in [0.25, 0.3) is 0 Å². The monoisotopic (exact) mass is 418 g/mol. The van der Waals surface area contributed by atoms with Gasteiger partial charge in [0, 0.05) is 9.35 Å². The van der Waals surface area contributed by atoms with Crippen molar-refractivity contribution in [2.75, 3.05) is 6.61 Å². The molecule has 0 bridgehead atoms. The van der Waals surface area contributed by atoms with Crippen LogP contribution >= 0.6 is 27.3 Å². The van der Waals surface area contributed by atoms with Crippen molar-refractivity contribution in [1.82, 2.24) is 5.32 Å². The summed E-state index contributed by atoms with van der Waals surface area (Å²) in [6.45, 7) is 0.519. The number of hydrogen-bond donors (Lipinski definition) is 2. The van der Waals surface area contributed by atoms with Crippen LogP contribution in [0.1, 0.15) is 11.3 Å². The third-order valence-electron chi connectivity index (χ3n) is 2.77. The molecule has 3 N–H and O–H groups in total. The fraction of sp³-hybridized carbons (Fsp3) is 0.214. The number of sulfonamides is 1. The molecule has 0 radical (unpaired) electrons. The Morgan fingerprint density at radius 1 is 1.30 bits per heavy atom. The maximum absolute atomic E-state index is 11.7. The van der Waals surface area contributed by atoms with Crippen LogP contribution in [-0.2, 0) is 21.4 Å². The lowest BCUT2D eigenvalue weighted by Gasteiger charge is -2.07. The summed E-state index contributed by atoms with van der Waals surface area (Å²) in [5.74, 6) is 0.508. The number of carbonyl (C=O) groups excluding carboxylic acids is 1. The molecule has 1 heterocycles. The van der Waals surface area contributed by atoms with Gasteiger partial charge in [0.25, 0.3) is 0 Å². The third-order valence-corrected chi connectivity index (χ3v) is 5.79. The van der Waals surface area contributed by atoms with E-state index in [2.05, 4.69) is 21.2 Å². The summed E-state index contributed by atoms with van der Waals surface area (Å²) >= 11 is 4.38. The number of rotatable bonds is 7. The van der Waals surface area contributed by atoms with Crippen LogP contribution in [-0.4, -0.2) is 20.9 Å². The molecule has 0 saturated heterocycles. The lowest BCUT2D eigenvalue weighted by atomic mass is 10.3. The minimum absolute atomic E-state index is 0.0831. The quantitative estimate of drug-likeness (QED) is 0.719. The van der Waals surface area contributed by atoms with Crippen LogP contribution in [0.4, 0.5) is 0 Å². The van der Waals surface area contributed by atoms with E-state index in [4.69, 9.17) is 9.88 Å². The van der Waals surface area contributed by atoms with Crippen molar-refractivity contribution in [3.05, 3.63) is 45.7 Å². The van der Waals surface area contributed by atoms with Crippen LogP contribution in [0.2, 0.25) is 0 Å². The van der Waals surface area contributed by atoms with Gasteiger partial charge in [-0.1, -0.05) is 22.0 Å². The Morgan fingerprint density at radius 3 is 2.74 bits per heavy atom. The van der Waals surface area contributed by atoms with Crippen molar-refractivity contribution in [1.29, 1.82) is 0 Å². The van der Waals surface area contributed by atoms with Crippen molar-refractivity contribution >= 4 is 43.2 Å². The molecule has 23 heavy (non-hydrogen) atoms. The average Bonchev–Trinajstić information content (AvgIpc) is 2.94. The van der Waals surface area contributed by atoms with Gasteiger partial charge in [-0.3, -0.25) is 4.79 Å². The first-order valence-corrected chi connectivity index (χ1v) is 9.77. The van der Waals surface area contributed by atoms with Gasteiger partial charge in [0.2, 0.25) is 15.9 Å². The third kappa shape index (κ3) is 5.94. The number of halogens is 1. The van der Waals surface area contributed by atoms with Crippen molar-refractivity contribution < 1.29 is 17.9 Å². The summed E-state index contributed by atoms with van der Waals surface area (Å²) in [5, 5.41) is 7.74. The van der Waals surface area contributed by atoms with Crippen LogP contribution in [0.3, 0.4) is 0 Å². The smallest absolute Gasteiger partial charge is 0.247 e. The molecule has 6 nitrogen and oxygen atoms in total. The molecule has 0 unspecified atom stereocenters. The Bertz CT molecular complexity index is 790. The lowest BCUT2D eigenvalue weighted by Crippen LogP contribution is -2.24. The zero-order valence-electron chi connectivity index (χ0n) is 12.0. The van der Waals surface area contributed by atoms with E-state index < -0.39 is 10.0 Å². The molecule has 0 saturated carbocycles. The number of primary sulfonamides is 1. The highest BCUT2D eigenvalue weighted by Crippen LogP contribution is 2.20. The van der Waals surface area contributed by atoms with Crippen molar-refractivity contribution in [2.45, 2.75) is 17.2 Å². The number of benzene rings is 1. The zero-order chi connectivity index (χ0) is 16.9.